The average Bonchev–Trinajstić information content (AvgIpc) is 2.26. The number of nitriles is 1. The number of halogens is 3. The van der Waals surface area contributed by atoms with Crippen LogP contribution < -0.4 is 10.5 Å². The summed E-state index contributed by atoms with van der Waals surface area (Å²) < 4.78 is 44.4. The molecule has 1 aromatic heterocycles. The molecule has 0 aromatic carbocycles. The average molecular weight is 261 g/mol. The number of rotatable bonds is 2. The predicted octanol–water partition coefficient (Wildman–Crippen LogP) is 1.22. The van der Waals surface area contributed by atoms with Crippen LogP contribution in [0.2, 0.25) is 0 Å². The van der Waals surface area contributed by atoms with Crippen molar-refractivity contribution < 1.29 is 27.4 Å². The number of carbonyl (C=O) groups is 1. The van der Waals surface area contributed by atoms with E-state index < -0.39 is 35.0 Å². The Hall–Kier alpha value is -2.50. The molecule has 0 aliphatic heterocycles. The Morgan fingerprint density at radius 2 is 2.17 bits per heavy atom. The summed E-state index contributed by atoms with van der Waals surface area (Å²) in [6, 6.07) is 1.39. The second kappa shape index (κ2) is 4.79. The van der Waals surface area contributed by atoms with E-state index >= 15 is 0 Å². The third kappa shape index (κ3) is 2.79. The van der Waals surface area contributed by atoms with Gasteiger partial charge in [0.15, 0.2) is 5.75 Å². The van der Waals surface area contributed by atoms with Gasteiger partial charge in [-0.25, -0.2) is 9.78 Å². The highest BCUT2D eigenvalue weighted by Gasteiger charge is 2.35. The second-order valence-corrected chi connectivity index (χ2v) is 2.91. The van der Waals surface area contributed by atoms with Crippen molar-refractivity contribution in [1.82, 2.24) is 4.98 Å². The summed E-state index contributed by atoms with van der Waals surface area (Å²) in [6.45, 7) is 0. The van der Waals surface area contributed by atoms with Gasteiger partial charge in [-0.2, -0.15) is 5.26 Å². The van der Waals surface area contributed by atoms with Gasteiger partial charge in [-0.1, -0.05) is 0 Å². The van der Waals surface area contributed by atoms with Gasteiger partial charge >= 0.3 is 12.3 Å². The molecule has 1 heterocycles. The van der Waals surface area contributed by atoms with Gasteiger partial charge in [0.25, 0.3) is 0 Å². The first-order chi connectivity index (χ1) is 8.30. The van der Waals surface area contributed by atoms with Crippen LogP contribution >= 0.6 is 0 Å². The number of pyridine rings is 1. The van der Waals surface area contributed by atoms with Crippen LogP contribution in [-0.2, 0) is 4.74 Å². The molecule has 18 heavy (non-hydrogen) atoms. The molecule has 0 unspecified atom stereocenters. The van der Waals surface area contributed by atoms with Crippen molar-refractivity contribution in [2.75, 3.05) is 12.8 Å². The maximum absolute atomic E-state index is 12.2. The number of hydrogen-bond acceptors (Lipinski definition) is 6. The molecular weight excluding hydrogens is 255 g/mol. The van der Waals surface area contributed by atoms with Gasteiger partial charge in [0.2, 0.25) is 0 Å². The first-order valence-electron chi connectivity index (χ1n) is 4.32. The van der Waals surface area contributed by atoms with E-state index in [4.69, 9.17) is 11.0 Å². The molecule has 1 aromatic rings. The number of ether oxygens (including phenoxy) is 2. The molecule has 0 saturated carbocycles. The van der Waals surface area contributed by atoms with E-state index in [1.807, 2.05) is 0 Å². The number of nitrogens with two attached hydrogens (primary N) is 1. The Balaban J connectivity index is 3.45. The third-order valence-corrected chi connectivity index (χ3v) is 1.80. The normalized spacial score (nSPS) is 10.6. The summed E-state index contributed by atoms with van der Waals surface area (Å²) in [5.74, 6) is -2.63. The van der Waals surface area contributed by atoms with Crippen molar-refractivity contribution in [3.05, 3.63) is 17.3 Å². The van der Waals surface area contributed by atoms with Crippen LogP contribution in [-0.4, -0.2) is 24.4 Å². The number of alkyl halides is 3. The summed E-state index contributed by atoms with van der Waals surface area (Å²) in [5, 5.41) is 8.71. The van der Waals surface area contributed by atoms with E-state index in [2.05, 4.69) is 14.5 Å². The van der Waals surface area contributed by atoms with Gasteiger partial charge in [-0.3, -0.25) is 0 Å². The maximum atomic E-state index is 12.2. The summed E-state index contributed by atoms with van der Waals surface area (Å²) in [5.41, 5.74) is 3.90. The zero-order valence-corrected chi connectivity index (χ0v) is 8.91. The number of hydrogen-bond donors (Lipinski definition) is 1. The van der Waals surface area contributed by atoms with Crippen LogP contribution in [0.15, 0.2) is 6.20 Å². The Labute approximate surface area is 98.7 Å². The molecule has 6 nitrogen and oxygen atoms in total. The van der Waals surface area contributed by atoms with Crippen molar-refractivity contribution in [1.29, 1.82) is 5.26 Å². The van der Waals surface area contributed by atoms with E-state index in [0.717, 1.165) is 13.3 Å². The van der Waals surface area contributed by atoms with Gasteiger partial charge in [0, 0.05) is 6.20 Å². The van der Waals surface area contributed by atoms with E-state index in [1.165, 1.54) is 6.07 Å². The number of carbonyl (C=O) groups excluding carboxylic acids is 1. The molecule has 1 rings (SSSR count). The van der Waals surface area contributed by atoms with E-state index in [9.17, 15) is 18.0 Å². The lowest BCUT2D eigenvalue weighted by Gasteiger charge is -2.13. The van der Waals surface area contributed by atoms with Gasteiger partial charge in [0.05, 0.1) is 7.11 Å². The van der Waals surface area contributed by atoms with Crippen LogP contribution in [0.3, 0.4) is 0 Å². The molecule has 0 spiro atoms. The smallest absolute Gasteiger partial charge is 0.465 e. The fourth-order valence-corrected chi connectivity index (χ4v) is 1.09. The van der Waals surface area contributed by atoms with Crippen LogP contribution in [0, 0.1) is 11.3 Å². The highest BCUT2D eigenvalue weighted by molar-refractivity contribution is 5.93. The Morgan fingerprint density at radius 1 is 1.56 bits per heavy atom. The zero-order valence-electron chi connectivity index (χ0n) is 8.91. The van der Waals surface area contributed by atoms with Crippen molar-refractivity contribution >= 4 is 11.8 Å². The summed E-state index contributed by atoms with van der Waals surface area (Å²) >= 11 is 0. The standard InChI is InChI=1S/C9H6F3N3O3/c1-17-8(16)5-3-15-7(14)4(2-13)6(5)18-9(10,11)12/h3H,1H3,(H2,14,15). The monoisotopic (exact) mass is 261 g/mol. The fraction of sp³-hybridized carbons (Fsp3) is 0.222. The van der Waals surface area contributed by atoms with Gasteiger partial charge < -0.3 is 15.2 Å². The van der Waals surface area contributed by atoms with Gasteiger partial charge in [-0.05, 0) is 0 Å². The largest absolute Gasteiger partial charge is 0.573 e. The lowest BCUT2D eigenvalue weighted by atomic mass is 10.1. The van der Waals surface area contributed by atoms with Crippen LogP contribution in [0.4, 0.5) is 19.0 Å². The molecule has 0 saturated heterocycles. The van der Waals surface area contributed by atoms with Crippen LogP contribution in [0.5, 0.6) is 5.75 Å². The molecule has 0 bridgehead atoms. The molecule has 0 atom stereocenters. The Kier molecular flexibility index (Phi) is 3.61. The minimum atomic E-state index is -5.08. The van der Waals surface area contributed by atoms with E-state index in [-0.39, 0.29) is 0 Å². The summed E-state index contributed by atoms with van der Waals surface area (Å²) in [4.78, 5) is 14.7. The number of esters is 1. The molecule has 0 radical (unpaired) electrons. The van der Waals surface area contributed by atoms with Crippen molar-refractivity contribution in [2.24, 2.45) is 0 Å². The van der Waals surface area contributed by atoms with Gasteiger partial charge in [-0.15, -0.1) is 13.2 Å². The number of nitrogen functional groups attached to an aromatic ring is 1. The quantitative estimate of drug-likeness (QED) is 0.803. The van der Waals surface area contributed by atoms with Crippen molar-refractivity contribution in [3.8, 4) is 11.8 Å². The first-order valence-corrected chi connectivity index (χ1v) is 4.32. The number of aromatic nitrogens is 1. The fourth-order valence-electron chi connectivity index (χ4n) is 1.09. The van der Waals surface area contributed by atoms with E-state index in [1.54, 1.807) is 0 Å². The highest BCUT2D eigenvalue weighted by atomic mass is 19.4. The molecular formula is C9H6F3N3O3. The predicted molar refractivity (Wildman–Crippen MR) is 51.4 cm³/mol. The molecule has 0 aliphatic rings. The van der Waals surface area contributed by atoms with E-state index in [0.29, 0.717) is 0 Å². The second-order valence-electron chi connectivity index (χ2n) is 2.91. The SMILES string of the molecule is COC(=O)c1cnc(N)c(C#N)c1OC(F)(F)F. The maximum Gasteiger partial charge on any atom is 0.573 e. The number of anilines is 1. The third-order valence-electron chi connectivity index (χ3n) is 1.80. The first kappa shape index (κ1) is 13.6. The van der Waals surface area contributed by atoms with Crippen molar-refractivity contribution in [3.63, 3.8) is 0 Å². The number of methoxy groups -OCH3 is 1. The lowest BCUT2D eigenvalue weighted by Crippen LogP contribution is -2.21. The lowest BCUT2D eigenvalue weighted by molar-refractivity contribution is -0.274. The van der Waals surface area contributed by atoms with Gasteiger partial charge in [0.1, 0.15) is 23.0 Å². The van der Waals surface area contributed by atoms with Crippen LogP contribution in [0.25, 0.3) is 0 Å². The molecule has 96 valence electrons. The van der Waals surface area contributed by atoms with Crippen molar-refractivity contribution in [2.45, 2.75) is 6.36 Å². The summed E-state index contributed by atoms with van der Waals surface area (Å²) in [6.07, 6.45) is -4.34. The minimum absolute atomic E-state index is 0.482. The molecule has 0 fully saturated rings. The molecule has 0 aliphatic carbocycles. The molecule has 0 amide bonds. The number of nitrogens with zero attached hydrogens (tertiary/aromatic N) is 2. The Bertz CT molecular complexity index is 522. The van der Waals surface area contributed by atoms with Crippen LogP contribution in [0.1, 0.15) is 15.9 Å². The minimum Gasteiger partial charge on any atom is -0.465 e. The highest BCUT2D eigenvalue weighted by Crippen LogP contribution is 2.32. The summed E-state index contributed by atoms with van der Waals surface area (Å²) in [7, 11) is 0.960. The topological polar surface area (TPSA) is 98.2 Å². The molecule has 2 N–H and O–H groups in total. The molecule has 9 heteroatoms. The Morgan fingerprint density at radius 3 is 2.61 bits per heavy atom. The zero-order chi connectivity index (χ0) is 13.9.